The normalized spacial score (nSPS) is 16.1. The van der Waals surface area contributed by atoms with E-state index < -0.39 is 0 Å². The van der Waals surface area contributed by atoms with E-state index in [9.17, 15) is 4.79 Å². The Kier molecular flexibility index (Phi) is 6.50. The van der Waals surface area contributed by atoms with Gasteiger partial charge in [-0.1, -0.05) is 29.0 Å². The topological polar surface area (TPSA) is 64.1 Å². The molecule has 0 spiro atoms. The van der Waals surface area contributed by atoms with Crippen LogP contribution in [0, 0.1) is 6.92 Å². The second-order valence-electron chi connectivity index (χ2n) is 7.96. The molecule has 2 aromatic carbocycles. The van der Waals surface area contributed by atoms with Crippen LogP contribution in [-0.2, 0) is 9.53 Å². The number of hydrogen-bond acceptors (Lipinski definition) is 7. The predicted molar refractivity (Wildman–Crippen MR) is 131 cm³/mol. The fourth-order valence-electron chi connectivity index (χ4n) is 3.90. The lowest BCUT2D eigenvalue weighted by Crippen LogP contribution is -2.42. The number of amides is 1. The first-order valence-corrected chi connectivity index (χ1v) is 12.0. The Balaban J connectivity index is 1.40. The first-order valence-electron chi connectivity index (χ1n) is 10.8. The van der Waals surface area contributed by atoms with E-state index in [0.717, 1.165) is 54.2 Å². The van der Waals surface area contributed by atoms with Gasteiger partial charge < -0.3 is 14.2 Å². The van der Waals surface area contributed by atoms with E-state index >= 15 is 0 Å². The molecule has 0 radical (unpaired) electrons. The maximum atomic E-state index is 13.3. The number of rotatable bonds is 6. The lowest BCUT2D eigenvalue weighted by Gasteiger charge is -2.28. The zero-order valence-electron chi connectivity index (χ0n) is 18.3. The summed E-state index contributed by atoms with van der Waals surface area (Å²) in [6, 6.07) is 9.42. The van der Waals surface area contributed by atoms with Crippen molar-refractivity contribution in [2.24, 2.45) is 0 Å². The van der Waals surface area contributed by atoms with Crippen molar-refractivity contribution in [3.63, 3.8) is 0 Å². The lowest BCUT2D eigenvalue weighted by molar-refractivity contribution is -0.114. The monoisotopic (exact) mass is 485 g/mol. The lowest BCUT2D eigenvalue weighted by atomic mass is 10.2. The molecule has 172 valence electrons. The van der Waals surface area contributed by atoms with Gasteiger partial charge in [-0.05, 0) is 48.4 Å². The molecular weight excluding hydrogens is 462 g/mol. The summed E-state index contributed by atoms with van der Waals surface area (Å²) < 4.78 is 17.2. The Morgan fingerprint density at radius 3 is 2.88 bits per heavy atom. The molecule has 1 amide bonds. The predicted octanol–water partition coefficient (Wildman–Crippen LogP) is 4.37. The zero-order chi connectivity index (χ0) is 22.8. The number of nitrogens with zero attached hydrogens (tertiary/aromatic N) is 3. The molecule has 2 aliphatic heterocycles. The van der Waals surface area contributed by atoms with E-state index in [2.05, 4.69) is 4.90 Å². The molecule has 3 aromatic rings. The van der Waals surface area contributed by atoms with E-state index in [4.69, 9.17) is 30.8 Å². The average Bonchev–Trinajstić information content (AvgIpc) is 3.45. The number of fused-ring (bicyclic) bond motifs is 2. The van der Waals surface area contributed by atoms with Crippen LogP contribution in [0.25, 0.3) is 16.3 Å². The number of ether oxygens (including phenoxy) is 3. The van der Waals surface area contributed by atoms with Gasteiger partial charge in [-0.25, -0.2) is 4.98 Å². The summed E-state index contributed by atoms with van der Waals surface area (Å²) in [4.78, 5) is 22.2. The number of carbonyl (C=O) groups excluding carboxylic acids is 1. The molecule has 33 heavy (non-hydrogen) atoms. The molecule has 1 saturated heterocycles. The van der Waals surface area contributed by atoms with Crippen molar-refractivity contribution in [3.8, 4) is 11.5 Å². The van der Waals surface area contributed by atoms with Crippen LogP contribution >= 0.6 is 22.9 Å². The molecule has 0 atom stereocenters. The highest BCUT2D eigenvalue weighted by atomic mass is 35.5. The van der Waals surface area contributed by atoms with Crippen molar-refractivity contribution in [3.05, 3.63) is 52.6 Å². The summed E-state index contributed by atoms with van der Waals surface area (Å²) in [5.74, 6) is 1.28. The van der Waals surface area contributed by atoms with Crippen molar-refractivity contribution in [1.82, 2.24) is 9.88 Å². The van der Waals surface area contributed by atoms with Gasteiger partial charge in [0.2, 0.25) is 6.79 Å². The number of thiazole rings is 1. The SMILES string of the molecule is Cc1cc(Cl)cc2sc(N(CCN3CCOCC3)C(=O)C=Cc3ccc4c(c3)OCO4)nc12. The van der Waals surface area contributed by atoms with Gasteiger partial charge in [0, 0.05) is 37.3 Å². The third kappa shape index (κ3) is 4.99. The van der Waals surface area contributed by atoms with E-state index in [1.54, 1.807) is 17.1 Å². The average molecular weight is 486 g/mol. The molecule has 7 nitrogen and oxygen atoms in total. The number of anilines is 1. The van der Waals surface area contributed by atoms with E-state index in [-0.39, 0.29) is 12.7 Å². The fraction of sp³-hybridized carbons (Fsp3) is 0.333. The van der Waals surface area contributed by atoms with Crippen LogP contribution in [0.15, 0.2) is 36.4 Å². The van der Waals surface area contributed by atoms with Crippen molar-refractivity contribution < 1.29 is 19.0 Å². The molecule has 1 aromatic heterocycles. The molecular formula is C24H24ClN3O4S. The summed E-state index contributed by atoms with van der Waals surface area (Å²) in [6.45, 7) is 6.66. The standard InChI is InChI=1S/C24H24ClN3O4S/c1-16-12-18(25)14-21-23(16)26-24(33-21)28(7-6-27-8-10-30-11-9-27)22(29)5-3-17-2-4-19-20(13-17)32-15-31-19/h2-5,12-14H,6-11,15H2,1H3. The van der Waals surface area contributed by atoms with Crippen LogP contribution < -0.4 is 14.4 Å². The van der Waals surface area contributed by atoms with Gasteiger partial charge >= 0.3 is 0 Å². The second kappa shape index (κ2) is 9.69. The Hall–Kier alpha value is -2.65. The third-order valence-electron chi connectivity index (χ3n) is 5.69. The van der Waals surface area contributed by atoms with Crippen LogP contribution in [0.4, 0.5) is 5.13 Å². The van der Waals surface area contributed by atoms with Crippen molar-refractivity contribution in [2.45, 2.75) is 6.92 Å². The molecule has 0 unspecified atom stereocenters. The molecule has 3 heterocycles. The highest BCUT2D eigenvalue weighted by Gasteiger charge is 2.21. The molecule has 0 saturated carbocycles. The van der Waals surface area contributed by atoms with Crippen LogP contribution in [0.5, 0.6) is 11.5 Å². The molecule has 9 heteroatoms. The number of aryl methyl sites for hydroxylation is 1. The summed E-state index contributed by atoms with van der Waals surface area (Å²) >= 11 is 7.73. The van der Waals surface area contributed by atoms with Crippen LogP contribution in [-0.4, -0.2) is 62.0 Å². The fourth-order valence-corrected chi connectivity index (χ4v) is 5.35. The Morgan fingerprint density at radius 2 is 2.03 bits per heavy atom. The van der Waals surface area contributed by atoms with E-state index in [0.29, 0.717) is 28.2 Å². The highest BCUT2D eigenvalue weighted by Crippen LogP contribution is 2.34. The van der Waals surface area contributed by atoms with Crippen molar-refractivity contribution >= 4 is 50.3 Å². The minimum atomic E-state index is -0.122. The summed E-state index contributed by atoms with van der Waals surface area (Å²) in [7, 11) is 0. The Bertz CT molecular complexity index is 1210. The van der Waals surface area contributed by atoms with Crippen molar-refractivity contribution in [2.75, 3.05) is 51.1 Å². The first-order chi connectivity index (χ1) is 16.1. The number of benzene rings is 2. The van der Waals surface area contributed by atoms with Gasteiger partial charge in [-0.2, -0.15) is 0 Å². The number of hydrogen-bond donors (Lipinski definition) is 0. The molecule has 0 N–H and O–H groups in total. The number of halogens is 1. The molecule has 0 aliphatic carbocycles. The maximum Gasteiger partial charge on any atom is 0.252 e. The molecule has 0 bridgehead atoms. The molecule has 2 aliphatic rings. The van der Waals surface area contributed by atoms with Gasteiger partial charge in [0.1, 0.15) is 0 Å². The maximum absolute atomic E-state index is 13.3. The smallest absolute Gasteiger partial charge is 0.252 e. The van der Waals surface area contributed by atoms with Gasteiger partial charge in [-0.15, -0.1) is 0 Å². The van der Waals surface area contributed by atoms with Crippen LogP contribution in [0.3, 0.4) is 0 Å². The zero-order valence-corrected chi connectivity index (χ0v) is 19.8. The van der Waals surface area contributed by atoms with Crippen LogP contribution in [0.2, 0.25) is 5.02 Å². The quantitative estimate of drug-likeness (QED) is 0.483. The van der Waals surface area contributed by atoms with Crippen molar-refractivity contribution in [1.29, 1.82) is 0 Å². The Morgan fingerprint density at radius 1 is 1.21 bits per heavy atom. The summed E-state index contributed by atoms with van der Waals surface area (Å²) in [6.07, 6.45) is 3.38. The first kappa shape index (κ1) is 22.2. The van der Waals surface area contributed by atoms with E-state index in [1.807, 2.05) is 37.3 Å². The highest BCUT2D eigenvalue weighted by molar-refractivity contribution is 7.22. The minimum Gasteiger partial charge on any atom is -0.454 e. The summed E-state index contributed by atoms with van der Waals surface area (Å²) in [5.41, 5.74) is 2.74. The van der Waals surface area contributed by atoms with Gasteiger partial charge in [0.05, 0.1) is 23.4 Å². The second-order valence-corrected chi connectivity index (χ2v) is 9.40. The summed E-state index contributed by atoms with van der Waals surface area (Å²) in [5, 5.41) is 1.34. The molecule has 5 rings (SSSR count). The molecule has 1 fully saturated rings. The number of carbonyl (C=O) groups is 1. The van der Waals surface area contributed by atoms with Gasteiger partial charge in [0.15, 0.2) is 16.6 Å². The third-order valence-corrected chi connectivity index (χ3v) is 6.94. The van der Waals surface area contributed by atoms with Crippen LogP contribution in [0.1, 0.15) is 11.1 Å². The largest absolute Gasteiger partial charge is 0.454 e. The van der Waals surface area contributed by atoms with E-state index in [1.165, 1.54) is 11.3 Å². The van der Waals surface area contributed by atoms with Gasteiger partial charge in [0.25, 0.3) is 5.91 Å². The number of aromatic nitrogens is 1. The minimum absolute atomic E-state index is 0.122. The number of morpholine rings is 1. The Labute approximate surface area is 201 Å². The van der Waals surface area contributed by atoms with Gasteiger partial charge in [-0.3, -0.25) is 14.6 Å².